The van der Waals surface area contributed by atoms with E-state index in [-0.39, 0.29) is 11.8 Å². The number of carbonyl (C=O) groups is 2. The molecule has 5 rings (SSSR count). The Morgan fingerprint density at radius 1 is 1.11 bits per heavy atom. The lowest BCUT2D eigenvalue weighted by Crippen LogP contribution is -2.50. The van der Waals surface area contributed by atoms with Crippen LogP contribution in [0.2, 0.25) is 0 Å². The van der Waals surface area contributed by atoms with Crippen LogP contribution in [0.4, 0.5) is 0 Å². The van der Waals surface area contributed by atoms with Crippen molar-refractivity contribution < 1.29 is 19.8 Å². The van der Waals surface area contributed by atoms with Crippen molar-refractivity contribution in [2.75, 3.05) is 0 Å². The van der Waals surface area contributed by atoms with Crippen LogP contribution in [0.1, 0.15) is 83.5 Å². The molecule has 9 nitrogen and oxygen atoms in total. The lowest BCUT2D eigenvalue weighted by atomic mass is 9.82. The van der Waals surface area contributed by atoms with Crippen molar-refractivity contribution in [3.8, 4) is 0 Å². The number of hydrogen-bond acceptors (Lipinski definition) is 5. The number of carbonyl (C=O) groups excluding carboxylic acids is 2. The number of primary amides is 1. The molecule has 9 heteroatoms. The molecule has 2 saturated carbocycles. The van der Waals surface area contributed by atoms with Crippen molar-refractivity contribution in [2.45, 2.75) is 82.5 Å². The van der Waals surface area contributed by atoms with E-state index in [1.807, 2.05) is 6.07 Å². The number of aryl methyl sites for hydroxylation is 2. The summed E-state index contributed by atoms with van der Waals surface area (Å²) in [7, 11) is 0. The molecule has 0 radical (unpaired) electrons. The molecule has 2 amide bonds. The molecule has 198 valence electrons. The number of benzene rings is 1. The molecule has 0 saturated heterocycles. The fraction of sp³-hybridized carbons (Fsp3) is 0.536. The Kier molecular flexibility index (Phi) is 7.62. The summed E-state index contributed by atoms with van der Waals surface area (Å²) in [4.78, 5) is 36.4. The van der Waals surface area contributed by atoms with Crippen LogP contribution in [0.25, 0.3) is 10.9 Å². The first-order valence-electron chi connectivity index (χ1n) is 13.5. The lowest BCUT2D eigenvalue weighted by molar-refractivity contribution is -0.0202. The highest BCUT2D eigenvalue weighted by Gasteiger charge is 2.39. The van der Waals surface area contributed by atoms with E-state index in [2.05, 4.69) is 20.3 Å². The first kappa shape index (κ1) is 25.5. The SMILES string of the molecule is NC(=O)c1cccc2[nH]c(C(=O)N[C@@H](CC3CCCCC3)[C@@H](O)[C@@H](O)C3CC3)c(CCc3cnc[nH]3)c12. The van der Waals surface area contributed by atoms with Gasteiger partial charge in [0, 0.05) is 28.4 Å². The van der Waals surface area contributed by atoms with Crippen molar-refractivity contribution in [3.05, 3.63) is 53.2 Å². The van der Waals surface area contributed by atoms with Crippen LogP contribution in [0.3, 0.4) is 0 Å². The Bertz CT molecular complexity index is 1230. The number of aliphatic hydroxyl groups excluding tert-OH is 2. The zero-order chi connectivity index (χ0) is 25.9. The molecule has 2 aliphatic carbocycles. The number of amides is 2. The fourth-order valence-electron chi connectivity index (χ4n) is 5.91. The normalized spacial score (nSPS) is 19.0. The number of fused-ring (bicyclic) bond motifs is 1. The van der Waals surface area contributed by atoms with E-state index < -0.39 is 24.2 Å². The van der Waals surface area contributed by atoms with Gasteiger partial charge in [-0.05, 0) is 61.6 Å². The van der Waals surface area contributed by atoms with Crippen LogP contribution in [-0.4, -0.2) is 55.2 Å². The second-order valence-electron chi connectivity index (χ2n) is 10.8. The summed E-state index contributed by atoms with van der Waals surface area (Å²) in [5.74, 6) is -0.410. The van der Waals surface area contributed by atoms with Crippen molar-refractivity contribution in [3.63, 3.8) is 0 Å². The van der Waals surface area contributed by atoms with Gasteiger partial charge < -0.3 is 31.2 Å². The van der Waals surface area contributed by atoms with Crippen LogP contribution >= 0.6 is 0 Å². The van der Waals surface area contributed by atoms with Crippen LogP contribution in [0, 0.1) is 11.8 Å². The van der Waals surface area contributed by atoms with Gasteiger partial charge in [-0.1, -0.05) is 38.2 Å². The number of nitrogens with zero attached hydrogens (tertiary/aromatic N) is 1. The van der Waals surface area contributed by atoms with Crippen LogP contribution in [-0.2, 0) is 12.8 Å². The van der Waals surface area contributed by atoms with E-state index in [1.165, 1.54) is 6.42 Å². The summed E-state index contributed by atoms with van der Waals surface area (Å²) in [5.41, 5.74) is 8.66. The number of aromatic nitrogens is 3. The lowest BCUT2D eigenvalue weighted by Gasteiger charge is -2.32. The second kappa shape index (κ2) is 11.1. The molecule has 0 spiro atoms. The number of imidazole rings is 1. The quantitative estimate of drug-likeness (QED) is 0.235. The van der Waals surface area contributed by atoms with Crippen molar-refractivity contribution in [1.82, 2.24) is 20.3 Å². The average molecular weight is 508 g/mol. The minimum Gasteiger partial charge on any atom is -0.390 e. The number of rotatable bonds is 11. The summed E-state index contributed by atoms with van der Waals surface area (Å²) in [6.45, 7) is 0. The minimum atomic E-state index is -1.03. The molecule has 37 heavy (non-hydrogen) atoms. The molecule has 2 heterocycles. The Morgan fingerprint density at radius 2 is 1.89 bits per heavy atom. The van der Waals surface area contributed by atoms with Gasteiger partial charge in [-0.2, -0.15) is 0 Å². The predicted octanol–water partition coefficient (Wildman–Crippen LogP) is 2.98. The smallest absolute Gasteiger partial charge is 0.268 e. The highest BCUT2D eigenvalue weighted by molar-refractivity contribution is 6.10. The molecule has 2 aliphatic rings. The van der Waals surface area contributed by atoms with Gasteiger partial charge in [0.25, 0.3) is 5.91 Å². The largest absolute Gasteiger partial charge is 0.390 e. The highest BCUT2D eigenvalue weighted by Crippen LogP contribution is 2.36. The Labute approximate surface area is 216 Å². The first-order chi connectivity index (χ1) is 17.9. The molecule has 0 bridgehead atoms. The second-order valence-corrected chi connectivity index (χ2v) is 10.8. The molecule has 0 unspecified atom stereocenters. The summed E-state index contributed by atoms with van der Waals surface area (Å²) < 4.78 is 0. The van der Waals surface area contributed by atoms with E-state index in [0.29, 0.717) is 52.9 Å². The Hall–Kier alpha value is -3.17. The summed E-state index contributed by atoms with van der Waals surface area (Å²) >= 11 is 0. The standard InChI is InChI=1S/C28H37N5O4/c29-27(36)20-7-4-8-21-23(20)19(12-11-18-14-30-15-31-18)24(32-21)28(37)33-22(13-16-5-2-1-3-6-16)26(35)25(34)17-9-10-17/h4,7-8,14-17,22,25-26,32,34-35H,1-3,5-6,9-13H2,(H2,29,36)(H,30,31)(H,33,37)/t22-,25-,26+/m0/s1. The van der Waals surface area contributed by atoms with Gasteiger partial charge in [0.2, 0.25) is 5.91 Å². The van der Waals surface area contributed by atoms with Gasteiger partial charge in [0.1, 0.15) is 11.8 Å². The van der Waals surface area contributed by atoms with Gasteiger partial charge in [-0.15, -0.1) is 0 Å². The van der Waals surface area contributed by atoms with E-state index in [9.17, 15) is 19.8 Å². The molecule has 1 aromatic carbocycles. The van der Waals surface area contributed by atoms with Gasteiger partial charge in [0.15, 0.2) is 0 Å². The highest BCUT2D eigenvalue weighted by atomic mass is 16.3. The van der Waals surface area contributed by atoms with E-state index in [0.717, 1.165) is 44.2 Å². The number of nitrogens with two attached hydrogens (primary N) is 1. The zero-order valence-corrected chi connectivity index (χ0v) is 21.1. The summed E-state index contributed by atoms with van der Waals surface area (Å²) in [5, 5.41) is 25.6. The fourth-order valence-corrected chi connectivity index (χ4v) is 5.91. The third-order valence-corrected chi connectivity index (χ3v) is 8.12. The summed E-state index contributed by atoms with van der Waals surface area (Å²) in [6.07, 6.45) is 10.6. The molecule has 2 fully saturated rings. The van der Waals surface area contributed by atoms with E-state index >= 15 is 0 Å². The Morgan fingerprint density at radius 3 is 2.57 bits per heavy atom. The first-order valence-corrected chi connectivity index (χ1v) is 13.5. The topological polar surface area (TPSA) is 157 Å². The van der Waals surface area contributed by atoms with Gasteiger partial charge >= 0.3 is 0 Å². The molecule has 3 atom stereocenters. The predicted molar refractivity (Wildman–Crippen MR) is 140 cm³/mol. The van der Waals surface area contributed by atoms with Gasteiger partial charge in [-0.25, -0.2) is 4.98 Å². The molecule has 7 N–H and O–H groups in total. The van der Waals surface area contributed by atoms with Crippen molar-refractivity contribution in [1.29, 1.82) is 0 Å². The van der Waals surface area contributed by atoms with Crippen molar-refractivity contribution in [2.24, 2.45) is 17.6 Å². The van der Waals surface area contributed by atoms with Gasteiger partial charge in [-0.3, -0.25) is 9.59 Å². The molecular weight excluding hydrogens is 470 g/mol. The minimum absolute atomic E-state index is 0.0944. The van der Waals surface area contributed by atoms with Crippen LogP contribution in [0.15, 0.2) is 30.7 Å². The number of nitrogens with one attached hydrogen (secondary N) is 3. The maximum atomic E-state index is 13.8. The number of aliphatic hydroxyl groups is 2. The summed E-state index contributed by atoms with van der Waals surface area (Å²) in [6, 6.07) is 4.67. The van der Waals surface area contributed by atoms with E-state index in [1.54, 1.807) is 24.7 Å². The third kappa shape index (κ3) is 5.72. The monoisotopic (exact) mass is 507 g/mol. The number of hydrogen-bond donors (Lipinski definition) is 6. The van der Waals surface area contributed by atoms with Crippen LogP contribution < -0.4 is 11.1 Å². The zero-order valence-electron chi connectivity index (χ0n) is 21.1. The number of aromatic amines is 2. The number of H-pyrrole nitrogens is 2. The maximum absolute atomic E-state index is 13.8. The van der Waals surface area contributed by atoms with Crippen LogP contribution in [0.5, 0.6) is 0 Å². The van der Waals surface area contributed by atoms with Crippen molar-refractivity contribution >= 4 is 22.7 Å². The Balaban J connectivity index is 1.45. The average Bonchev–Trinajstić information content (AvgIpc) is 3.49. The molecule has 2 aromatic heterocycles. The van der Waals surface area contributed by atoms with E-state index in [4.69, 9.17) is 5.73 Å². The molecule has 0 aliphatic heterocycles. The van der Waals surface area contributed by atoms with Gasteiger partial charge in [0.05, 0.1) is 18.5 Å². The molecule has 3 aromatic rings. The maximum Gasteiger partial charge on any atom is 0.268 e. The molecular formula is C28H37N5O4. The third-order valence-electron chi connectivity index (χ3n) is 8.12.